The minimum atomic E-state index is -0.0816. The Morgan fingerprint density at radius 1 is 1.21 bits per heavy atom. The van der Waals surface area contributed by atoms with Crippen LogP contribution in [-0.2, 0) is 6.54 Å². The van der Waals surface area contributed by atoms with E-state index in [0.717, 1.165) is 24.3 Å². The summed E-state index contributed by atoms with van der Waals surface area (Å²) < 4.78 is 11.4. The lowest BCUT2D eigenvalue weighted by Gasteiger charge is -2.22. The van der Waals surface area contributed by atoms with Crippen molar-refractivity contribution >= 4 is 23.1 Å². The Morgan fingerprint density at radius 2 is 2.03 bits per heavy atom. The van der Waals surface area contributed by atoms with Crippen molar-refractivity contribution in [3.8, 4) is 11.8 Å². The second kappa shape index (κ2) is 10.6. The number of nitrogens with one attached hydrogen (secondary N) is 1. The number of hydrogen-bond donors (Lipinski definition) is 1. The molecule has 8 nitrogen and oxygen atoms in total. The fraction of sp³-hybridized carbons (Fsp3) is 0.375. The third kappa shape index (κ3) is 5.43. The topological polar surface area (TPSA) is 79.8 Å². The summed E-state index contributed by atoms with van der Waals surface area (Å²) in [5, 5.41) is 7.40. The first-order valence-electron chi connectivity index (χ1n) is 10.9. The number of ether oxygens (including phenoxy) is 2. The van der Waals surface area contributed by atoms with Gasteiger partial charge in [0, 0.05) is 44.9 Å². The lowest BCUT2D eigenvalue weighted by Crippen LogP contribution is -2.33. The maximum absolute atomic E-state index is 13.2. The molecule has 4 rings (SSSR count). The molecule has 1 aromatic carbocycles. The fourth-order valence-electron chi connectivity index (χ4n) is 3.78. The smallest absolute Gasteiger partial charge is 0.318 e. The van der Waals surface area contributed by atoms with Gasteiger partial charge < -0.3 is 24.6 Å². The molecule has 0 fully saturated rings. The van der Waals surface area contributed by atoms with Gasteiger partial charge in [-0.3, -0.25) is 4.79 Å². The summed E-state index contributed by atoms with van der Waals surface area (Å²) in [4.78, 5) is 25.5. The molecule has 3 aromatic rings. The number of likely N-dealkylation sites (N-methyl/N-ethyl adjacent to an activating group) is 1. The van der Waals surface area contributed by atoms with Crippen LogP contribution >= 0.6 is 11.3 Å². The number of benzene rings is 1. The molecule has 1 N–H and O–H groups in total. The number of anilines is 1. The van der Waals surface area contributed by atoms with Crippen molar-refractivity contribution in [2.45, 2.75) is 19.1 Å². The summed E-state index contributed by atoms with van der Waals surface area (Å²) in [6.45, 7) is 2.65. The predicted octanol–water partition coefficient (Wildman–Crippen LogP) is 3.37. The summed E-state index contributed by atoms with van der Waals surface area (Å²) >= 11 is 1.68. The second-order valence-electron chi connectivity index (χ2n) is 7.94. The van der Waals surface area contributed by atoms with Crippen molar-refractivity contribution in [1.82, 2.24) is 20.2 Å². The first-order valence-corrected chi connectivity index (χ1v) is 11.9. The summed E-state index contributed by atoms with van der Waals surface area (Å²) in [5.74, 6) is 1.33. The summed E-state index contributed by atoms with van der Waals surface area (Å²) in [6, 6.07) is 10.4. The highest BCUT2D eigenvalue weighted by Crippen LogP contribution is 2.28. The third-order valence-electron chi connectivity index (χ3n) is 5.66. The molecular formula is C24H29N5O3S. The van der Waals surface area contributed by atoms with Gasteiger partial charge in [-0.05, 0) is 48.1 Å². The molecule has 1 aliphatic rings. The van der Waals surface area contributed by atoms with E-state index < -0.39 is 0 Å². The molecule has 0 aliphatic carbocycles. The predicted molar refractivity (Wildman–Crippen MR) is 129 cm³/mol. The van der Waals surface area contributed by atoms with Gasteiger partial charge in [-0.15, -0.1) is 0 Å². The van der Waals surface area contributed by atoms with Gasteiger partial charge in [0.05, 0.1) is 7.11 Å². The number of hydrogen-bond acceptors (Lipinski definition) is 8. The van der Waals surface area contributed by atoms with Crippen molar-refractivity contribution in [3.63, 3.8) is 0 Å². The zero-order valence-corrected chi connectivity index (χ0v) is 20.0. The highest BCUT2D eigenvalue weighted by Gasteiger charge is 2.27. The van der Waals surface area contributed by atoms with Gasteiger partial charge in [0.25, 0.3) is 5.91 Å². The first kappa shape index (κ1) is 23.0. The molecule has 1 aliphatic heterocycles. The number of aromatic nitrogens is 2. The Morgan fingerprint density at radius 3 is 2.73 bits per heavy atom. The lowest BCUT2D eigenvalue weighted by atomic mass is 10.1. The average molecular weight is 468 g/mol. The van der Waals surface area contributed by atoms with E-state index in [9.17, 15) is 4.79 Å². The van der Waals surface area contributed by atoms with E-state index in [0.29, 0.717) is 31.0 Å². The lowest BCUT2D eigenvalue weighted by molar-refractivity contribution is 0.0754. The molecule has 0 spiro atoms. The van der Waals surface area contributed by atoms with Gasteiger partial charge in [0.15, 0.2) is 0 Å². The maximum Gasteiger partial charge on any atom is 0.318 e. The zero-order chi connectivity index (χ0) is 23.2. The standard InChI is InChI=1S/C24H29N5O3S/c1-25-10-8-21(18-9-13-33-16-18)32-19-6-4-17(5-7-19)15-29-12-11-28(2)22-20(23(29)30)14-26-24(27-22)31-3/h4-7,9,13-14,16,21,25H,8,10-12,15H2,1-3H3. The first-order chi connectivity index (χ1) is 16.1. The quantitative estimate of drug-likeness (QED) is 0.517. The number of thiophene rings is 1. The molecule has 1 amide bonds. The number of nitrogens with zero attached hydrogens (tertiary/aromatic N) is 4. The molecular weight excluding hydrogens is 438 g/mol. The van der Waals surface area contributed by atoms with Crippen LogP contribution in [-0.4, -0.2) is 61.6 Å². The Hall–Kier alpha value is -3.17. The minimum Gasteiger partial charge on any atom is -0.486 e. The van der Waals surface area contributed by atoms with E-state index in [1.54, 1.807) is 17.5 Å². The van der Waals surface area contributed by atoms with Crippen LogP contribution in [0.3, 0.4) is 0 Å². The van der Waals surface area contributed by atoms with Crippen molar-refractivity contribution in [1.29, 1.82) is 0 Å². The molecule has 2 aromatic heterocycles. The van der Waals surface area contributed by atoms with Crippen molar-refractivity contribution < 1.29 is 14.3 Å². The number of rotatable bonds is 9. The van der Waals surface area contributed by atoms with E-state index in [2.05, 4.69) is 32.1 Å². The van der Waals surface area contributed by atoms with Gasteiger partial charge >= 0.3 is 6.01 Å². The van der Waals surface area contributed by atoms with Crippen molar-refractivity contribution in [2.24, 2.45) is 0 Å². The minimum absolute atomic E-state index is 0.00534. The number of amides is 1. The molecule has 0 saturated heterocycles. The zero-order valence-electron chi connectivity index (χ0n) is 19.2. The van der Waals surface area contributed by atoms with Gasteiger partial charge in [-0.2, -0.15) is 16.3 Å². The Labute approximate surface area is 198 Å². The van der Waals surface area contributed by atoms with E-state index in [1.807, 2.05) is 48.2 Å². The maximum atomic E-state index is 13.2. The fourth-order valence-corrected chi connectivity index (χ4v) is 4.48. The van der Waals surface area contributed by atoms with Crippen LogP contribution in [0.1, 0.15) is 34.0 Å². The van der Waals surface area contributed by atoms with Gasteiger partial charge in [0.1, 0.15) is 23.2 Å². The Bertz CT molecular complexity index is 1060. The van der Waals surface area contributed by atoms with Crippen LogP contribution in [0.5, 0.6) is 11.8 Å². The molecule has 1 unspecified atom stereocenters. The van der Waals surface area contributed by atoms with Crippen LogP contribution in [0.4, 0.5) is 5.82 Å². The second-order valence-corrected chi connectivity index (χ2v) is 8.72. The van der Waals surface area contributed by atoms with Crippen LogP contribution in [0.15, 0.2) is 47.3 Å². The van der Waals surface area contributed by atoms with Gasteiger partial charge in [-0.25, -0.2) is 4.98 Å². The Balaban J connectivity index is 1.45. The van der Waals surface area contributed by atoms with E-state index in [4.69, 9.17) is 9.47 Å². The summed E-state index contributed by atoms with van der Waals surface area (Å²) in [6.07, 6.45) is 2.44. The molecule has 1 atom stereocenters. The van der Waals surface area contributed by atoms with Crippen molar-refractivity contribution in [3.05, 3.63) is 64.0 Å². The van der Waals surface area contributed by atoms with Crippen LogP contribution in [0, 0.1) is 0 Å². The number of carbonyl (C=O) groups is 1. The highest BCUT2D eigenvalue weighted by atomic mass is 32.1. The molecule has 0 bridgehead atoms. The average Bonchev–Trinajstić information content (AvgIpc) is 3.35. The third-order valence-corrected chi connectivity index (χ3v) is 6.36. The van der Waals surface area contributed by atoms with Gasteiger partial charge in [-0.1, -0.05) is 12.1 Å². The number of carbonyl (C=O) groups excluding carboxylic acids is 1. The molecule has 33 heavy (non-hydrogen) atoms. The van der Waals surface area contributed by atoms with Gasteiger partial charge in [0.2, 0.25) is 0 Å². The van der Waals surface area contributed by atoms with E-state index >= 15 is 0 Å². The summed E-state index contributed by atoms with van der Waals surface area (Å²) in [5.41, 5.74) is 2.72. The monoisotopic (exact) mass is 467 g/mol. The number of methoxy groups -OCH3 is 1. The normalized spacial score (nSPS) is 14.6. The van der Waals surface area contributed by atoms with Crippen LogP contribution in [0.2, 0.25) is 0 Å². The van der Waals surface area contributed by atoms with Crippen LogP contribution < -0.4 is 19.7 Å². The molecule has 9 heteroatoms. The highest BCUT2D eigenvalue weighted by molar-refractivity contribution is 7.07. The van der Waals surface area contributed by atoms with Crippen molar-refractivity contribution in [2.75, 3.05) is 45.7 Å². The largest absolute Gasteiger partial charge is 0.486 e. The molecule has 3 heterocycles. The molecule has 174 valence electrons. The molecule has 0 saturated carbocycles. The molecule has 0 radical (unpaired) electrons. The number of fused-ring (bicyclic) bond motifs is 1. The van der Waals surface area contributed by atoms with Crippen LogP contribution in [0.25, 0.3) is 0 Å². The van der Waals surface area contributed by atoms with E-state index in [1.165, 1.54) is 12.7 Å². The SMILES string of the molecule is CNCCC(Oc1ccc(CN2CCN(C)c3nc(OC)ncc3C2=O)cc1)c1ccsc1. The van der Waals surface area contributed by atoms with E-state index in [-0.39, 0.29) is 18.0 Å². The summed E-state index contributed by atoms with van der Waals surface area (Å²) in [7, 11) is 5.39. The Kier molecular flexibility index (Phi) is 7.41.